The van der Waals surface area contributed by atoms with Gasteiger partial charge in [0, 0.05) is 13.1 Å². The summed E-state index contributed by atoms with van der Waals surface area (Å²) in [7, 11) is 0. The molecule has 1 nitrogen and oxygen atoms in total. The number of hydrogen-bond donors (Lipinski definition) is 0. The van der Waals surface area contributed by atoms with Gasteiger partial charge in [-0.15, -0.1) is 0 Å². The topological polar surface area (TPSA) is 3.24 Å². The Bertz CT molecular complexity index is 153. The van der Waals surface area contributed by atoms with Gasteiger partial charge < -0.3 is 29.7 Å². The van der Waals surface area contributed by atoms with E-state index in [1.165, 1.54) is 6.42 Å². The number of thiocarbonyl (C=S) groups is 1. The van der Waals surface area contributed by atoms with E-state index in [2.05, 4.69) is 18.7 Å². The summed E-state index contributed by atoms with van der Waals surface area (Å²) < 4.78 is 0.642. The van der Waals surface area contributed by atoms with Crippen LogP contribution in [0.5, 0.6) is 0 Å². The Kier molecular flexibility index (Phi) is 6.29. The van der Waals surface area contributed by atoms with Crippen molar-refractivity contribution in [1.82, 2.24) is 4.90 Å². The fourth-order valence-electron chi connectivity index (χ4n) is 1.81. The standard InChI is InChI=1S/C8H15NS2.Na/c1-6-3-7(2)5-9(4-6)8(10)11;/h6-7H,3-5H2,1-2H3,(H,10,11);/q;+1/p-1. The van der Waals surface area contributed by atoms with Crippen molar-refractivity contribution in [2.45, 2.75) is 20.3 Å². The smallest absolute Gasteiger partial charge is 0.411 e. The van der Waals surface area contributed by atoms with Crippen molar-refractivity contribution in [1.29, 1.82) is 0 Å². The van der Waals surface area contributed by atoms with Crippen molar-refractivity contribution in [2.75, 3.05) is 13.1 Å². The molecule has 0 bridgehead atoms. The van der Waals surface area contributed by atoms with E-state index in [9.17, 15) is 0 Å². The molecule has 12 heavy (non-hydrogen) atoms. The van der Waals surface area contributed by atoms with Gasteiger partial charge in [0.1, 0.15) is 0 Å². The van der Waals surface area contributed by atoms with Gasteiger partial charge in [0.15, 0.2) is 0 Å². The molecule has 1 rings (SSSR count). The van der Waals surface area contributed by atoms with Gasteiger partial charge >= 0.3 is 29.6 Å². The Morgan fingerprint density at radius 2 is 1.75 bits per heavy atom. The third-order valence-corrected chi connectivity index (χ3v) is 2.64. The van der Waals surface area contributed by atoms with Crippen LogP contribution in [0, 0.1) is 11.8 Å². The molecule has 2 unspecified atom stereocenters. The third-order valence-electron chi connectivity index (χ3n) is 2.13. The van der Waals surface area contributed by atoms with E-state index in [1.54, 1.807) is 0 Å². The first-order valence-corrected chi connectivity index (χ1v) is 4.87. The maximum absolute atomic E-state index is 4.96. The Balaban J connectivity index is 0.00000121. The molecule has 0 aromatic rings. The first-order valence-electron chi connectivity index (χ1n) is 4.05. The van der Waals surface area contributed by atoms with Crippen molar-refractivity contribution >= 4 is 29.2 Å². The first-order chi connectivity index (χ1) is 5.09. The summed E-state index contributed by atoms with van der Waals surface area (Å²) in [5.41, 5.74) is 0. The summed E-state index contributed by atoms with van der Waals surface area (Å²) >= 11 is 9.92. The summed E-state index contributed by atoms with van der Waals surface area (Å²) in [5, 5.41) is 0. The number of nitrogens with zero attached hydrogens (tertiary/aromatic N) is 1. The molecular weight excluding hydrogens is 197 g/mol. The monoisotopic (exact) mass is 211 g/mol. The zero-order chi connectivity index (χ0) is 8.43. The summed E-state index contributed by atoms with van der Waals surface area (Å²) in [4.78, 5) is 2.14. The number of piperidine rings is 1. The molecule has 4 heteroatoms. The van der Waals surface area contributed by atoms with Crippen LogP contribution in [0.25, 0.3) is 0 Å². The van der Waals surface area contributed by atoms with Gasteiger partial charge in [-0.25, -0.2) is 0 Å². The van der Waals surface area contributed by atoms with E-state index in [0.717, 1.165) is 24.9 Å². The minimum atomic E-state index is 0. The van der Waals surface area contributed by atoms with Crippen molar-refractivity contribution in [3.63, 3.8) is 0 Å². The molecule has 0 aromatic carbocycles. The Morgan fingerprint density at radius 1 is 1.33 bits per heavy atom. The van der Waals surface area contributed by atoms with E-state index >= 15 is 0 Å². The largest absolute Gasteiger partial charge is 1.00 e. The van der Waals surface area contributed by atoms with Gasteiger partial charge in [0.05, 0.1) is 0 Å². The zero-order valence-corrected chi connectivity index (χ0v) is 11.7. The van der Waals surface area contributed by atoms with E-state index in [0.29, 0.717) is 4.32 Å². The van der Waals surface area contributed by atoms with E-state index in [1.807, 2.05) is 0 Å². The molecule has 1 heterocycles. The normalized spacial score (nSPS) is 29.3. The summed E-state index contributed by atoms with van der Waals surface area (Å²) in [6, 6.07) is 0. The molecule has 0 radical (unpaired) electrons. The Labute approximate surface area is 108 Å². The quantitative estimate of drug-likeness (QED) is 0.281. The minimum absolute atomic E-state index is 0. The number of hydrogen-bond acceptors (Lipinski definition) is 2. The molecule has 0 amide bonds. The molecule has 1 saturated heterocycles. The maximum Gasteiger partial charge on any atom is 1.00 e. The van der Waals surface area contributed by atoms with Gasteiger partial charge in [0.2, 0.25) is 0 Å². The van der Waals surface area contributed by atoms with Gasteiger partial charge in [0.25, 0.3) is 0 Å². The molecule has 0 N–H and O–H groups in total. The van der Waals surface area contributed by atoms with E-state index < -0.39 is 0 Å². The molecule has 0 saturated carbocycles. The first kappa shape index (κ1) is 13.1. The van der Waals surface area contributed by atoms with Crippen LogP contribution in [-0.4, -0.2) is 22.3 Å². The van der Waals surface area contributed by atoms with Crippen LogP contribution in [0.3, 0.4) is 0 Å². The fourth-order valence-corrected chi connectivity index (χ4v) is 2.11. The van der Waals surface area contributed by atoms with Crippen molar-refractivity contribution in [3.05, 3.63) is 0 Å². The van der Waals surface area contributed by atoms with Gasteiger partial charge in [-0.2, -0.15) is 0 Å². The van der Waals surface area contributed by atoms with Crippen LogP contribution in [0.4, 0.5) is 0 Å². The van der Waals surface area contributed by atoms with Gasteiger partial charge in [-0.3, -0.25) is 0 Å². The number of likely N-dealkylation sites (tertiary alicyclic amines) is 1. The second-order valence-electron chi connectivity index (χ2n) is 3.62. The fraction of sp³-hybridized carbons (Fsp3) is 0.875. The molecule has 64 valence electrons. The maximum atomic E-state index is 4.96. The second-order valence-corrected chi connectivity index (χ2v) is 4.65. The van der Waals surface area contributed by atoms with Crippen molar-refractivity contribution in [3.8, 4) is 0 Å². The molecule has 1 fully saturated rings. The van der Waals surface area contributed by atoms with Crippen LogP contribution < -0.4 is 29.6 Å². The van der Waals surface area contributed by atoms with Crippen molar-refractivity contribution in [2.24, 2.45) is 11.8 Å². The molecule has 1 aliphatic heterocycles. The summed E-state index contributed by atoms with van der Waals surface area (Å²) in [5.74, 6) is 1.50. The van der Waals surface area contributed by atoms with E-state index in [-0.39, 0.29) is 29.6 Å². The molecule has 0 aliphatic carbocycles. The van der Waals surface area contributed by atoms with Crippen LogP contribution in [-0.2, 0) is 12.6 Å². The summed E-state index contributed by atoms with van der Waals surface area (Å²) in [6.07, 6.45) is 1.31. The van der Waals surface area contributed by atoms with E-state index in [4.69, 9.17) is 24.8 Å². The molecule has 0 aromatic heterocycles. The number of rotatable bonds is 0. The molecular formula is C8H14NNaS2. The SMILES string of the molecule is CC1CC(C)CN(C(=S)[S-])C1.[Na+]. The van der Waals surface area contributed by atoms with Gasteiger partial charge in [-0.05, 0) is 18.3 Å². The van der Waals surface area contributed by atoms with Crippen LogP contribution in [0.15, 0.2) is 0 Å². The molecule has 2 atom stereocenters. The average molecular weight is 211 g/mol. The second kappa shape index (κ2) is 5.76. The Hall–Kier alpha value is 1.11. The van der Waals surface area contributed by atoms with Crippen LogP contribution in [0.2, 0.25) is 0 Å². The predicted molar refractivity (Wildman–Crippen MR) is 54.5 cm³/mol. The molecule has 0 spiro atoms. The molecule has 1 aliphatic rings. The zero-order valence-electron chi connectivity index (χ0n) is 8.04. The van der Waals surface area contributed by atoms with Crippen molar-refractivity contribution < 1.29 is 29.6 Å². The Morgan fingerprint density at radius 3 is 2.08 bits per heavy atom. The van der Waals surface area contributed by atoms with Gasteiger partial charge in [-0.1, -0.05) is 18.2 Å². The van der Waals surface area contributed by atoms with Crippen LogP contribution >= 0.6 is 12.2 Å². The average Bonchev–Trinajstić information content (AvgIpc) is 1.85. The third kappa shape index (κ3) is 3.88. The minimum Gasteiger partial charge on any atom is -0.411 e. The van der Waals surface area contributed by atoms with Crippen LogP contribution in [0.1, 0.15) is 20.3 Å². The predicted octanol–water partition coefficient (Wildman–Crippen LogP) is -1.20. The summed E-state index contributed by atoms with van der Waals surface area (Å²) in [6.45, 7) is 6.64.